The maximum Gasteiger partial charge on any atom is 0.305 e. The first kappa shape index (κ1) is 75.3. The van der Waals surface area contributed by atoms with Crippen LogP contribution in [0.15, 0.2) is 24.3 Å². The lowest BCUT2D eigenvalue weighted by molar-refractivity contribution is -0.143. The zero-order chi connectivity index (χ0) is 55.7. The first-order valence-corrected chi connectivity index (χ1v) is 35.1. The quantitative estimate of drug-likeness (QED) is 0.0320. The van der Waals surface area contributed by atoms with Crippen LogP contribution >= 0.6 is 0 Å². The zero-order valence-corrected chi connectivity index (χ0v) is 52.2. The molecule has 0 aromatic rings. The van der Waals surface area contributed by atoms with Crippen LogP contribution in [0.1, 0.15) is 393 Å². The Hall–Kier alpha value is -1.66. The maximum atomic E-state index is 12.5. The number of carbonyl (C=O) groups is 2. The van der Waals surface area contributed by atoms with Crippen molar-refractivity contribution >= 4 is 11.9 Å². The van der Waals surface area contributed by atoms with E-state index in [1.807, 2.05) is 0 Å². The molecule has 0 aliphatic heterocycles. The van der Waals surface area contributed by atoms with Crippen molar-refractivity contribution in [3.8, 4) is 0 Å². The molecule has 0 radical (unpaired) electrons. The molecule has 456 valence electrons. The van der Waals surface area contributed by atoms with Crippen molar-refractivity contribution in [3.63, 3.8) is 0 Å². The molecule has 0 fully saturated rings. The Balaban J connectivity index is 3.38. The largest absolute Gasteiger partial charge is 0.466 e. The molecule has 77 heavy (non-hydrogen) atoms. The highest BCUT2D eigenvalue weighted by atomic mass is 16.5. The fourth-order valence-electron chi connectivity index (χ4n) is 11.1. The van der Waals surface area contributed by atoms with Gasteiger partial charge in [-0.05, 0) is 77.0 Å². The van der Waals surface area contributed by atoms with Gasteiger partial charge >= 0.3 is 5.97 Å². The van der Waals surface area contributed by atoms with E-state index in [0.29, 0.717) is 25.9 Å². The number of carbonyl (C=O) groups excluding carboxylic acids is 2. The van der Waals surface area contributed by atoms with Gasteiger partial charge in [-0.3, -0.25) is 9.59 Å². The fourth-order valence-corrected chi connectivity index (χ4v) is 11.1. The minimum Gasteiger partial charge on any atom is -0.466 e. The van der Waals surface area contributed by atoms with Gasteiger partial charge in [-0.2, -0.15) is 0 Å². The molecule has 1 amide bonds. The van der Waals surface area contributed by atoms with Crippen LogP contribution in [0.3, 0.4) is 0 Å². The predicted molar refractivity (Wildman–Crippen MR) is 338 cm³/mol. The SMILES string of the molecule is CCCCCCCCC/C=C\CCCCCCCC(=O)OCCCCCCCCCCCCCC/C=C\CCCCCCCCCCCCC(=O)NC(CO)C(O)CCCCCCCCCCCCCCCCCCCC. The Kier molecular flexibility index (Phi) is 65.4. The van der Waals surface area contributed by atoms with E-state index in [2.05, 4.69) is 43.5 Å². The molecule has 0 bridgehead atoms. The van der Waals surface area contributed by atoms with E-state index in [1.165, 1.54) is 315 Å². The minimum absolute atomic E-state index is 0.00771. The number of esters is 1. The van der Waals surface area contributed by atoms with Gasteiger partial charge in [0.15, 0.2) is 0 Å². The van der Waals surface area contributed by atoms with Crippen LogP contribution in [-0.4, -0.2) is 47.4 Å². The molecule has 2 atom stereocenters. The zero-order valence-electron chi connectivity index (χ0n) is 52.2. The standard InChI is InChI=1S/C71H137NO5/c1-3-5-7-9-11-13-15-17-19-21-32-35-39-43-47-51-55-59-63-69(74)68(67-73)72-70(75)64-60-56-52-48-44-40-36-33-30-28-26-24-22-23-25-27-29-31-34-38-42-46-50-54-58-62-66-77-71(76)65-61-57-53-49-45-41-37-20-18-16-14-12-10-8-6-4-2/h20,22,24,37,68-69,73-74H,3-19,21,23,25-36,38-67H2,1-2H3,(H,72,75)/b24-22-,37-20-. The van der Waals surface area contributed by atoms with Crippen LogP contribution in [0.2, 0.25) is 0 Å². The van der Waals surface area contributed by atoms with E-state index in [-0.39, 0.29) is 18.5 Å². The summed E-state index contributed by atoms with van der Waals surface area (Å²) in [5.41, 5.74) is 0. The third-order valence-corrected chi connectivity index (χ3v) is 16.5. The lowest BCUT2D eigenvalue weighted by Crippen LogP contribution is -2.45. The summed E-state index contributed by atoms with van der Waals surface area (Å²) in [4.78, 5) is 24.6. The molecular formula is C71H137NO5. The molecule has 0 aromatic heterocycles. The number of aliphatic hydroxyl groups excluding tert-OH is 2. The summed E-state index contributed by atoms with van der Waals surface area (Å²) in [5.74, 6) is -0.0256. The van der Waals surface area contributed by atoms with Gasteiger partial charge in [-0.1, -0.05) is 327 Å². The van der Waals surface area contributed by atoms with Gasteiger partial charge in [0.2, 0.25) is 5.91 Å². The number of hydrogen-bond donors (Lipinski definition) is 3. The van der Waals surface area contributed by atoms with Crippen molar-refractivity contribution in [2.24, 2.45) is 0 Å². The number of rotatable bonds is 66. The number of hydrogen-bond acceptors (Lipinski definition) is 5. The van der Waals surface area contributed by atoms with Crippen molar-refractivity contribution in [2.75, 3.05) is 13.2 Å². The van der Waals surface area contributed by atoms with E-state index in [1.54, 1.807) is 0 Å². The van der Waals surface area contributed by atoms with E-state index in [4.69, 9.17) is 4.74 Å². The topological polar surface area (TPSA) is 95.9 Å². The van der Waals surface area contributed by atoms with Crippen LogP contribution in [0.4, 0.5) is 0 Å². The monoisotopic (exact) mass is 1080 g/mol. The highest BCUT2D eigenvalue weighted by Crippen LogP contribution is 2.19. The Morgan fingerprint density at radius 1 is 0.351 bits per heavy atom. The molecule has 6 heteroatoms. The molecular weight excluding hydrogens is 947 g/mol. The Morgan fingerprint density at radius 3 is 0.922 bits per heavy atom. The number of allylic oxidation sites excluding steroid dienone is 4. The third kappa shape index (κ3) is 63.4. The molecule has 2 unspecified atom stereocenters. The van der Waals surface area contributed by atoms with E-state index >= 15 is 0 Å². The predicted octanol–water partition coefficient (Wildman–Crippen LogP) is 22.5. The van der Waals surface area contributed by atoms with Crippen LogP contribution < -0.4 is 5.32 Å². The molecule has 0 saturated carbocycles. The van der Waals surface area contributed by atoms with Gasteiger partial charge in [0.1, 0.15) is 0 Å². The smallest absolute Gasteiger partial charge is 0.305 e. The molecule has 0 saturated heterocycles. The lowest BCUT2D eigenvalue weighted by Gasteiger charge is -2.22. The highest BCUT2D eigenvalue weighted by Gasteiger charge is 2.20. The molecule has 0 spiro atoms. The molecule has 6 nitrogen and oxygen atoms in total. The first-order valence-electron chi connectivity index (χ1n) is 35.1. The Labute approximate surface area is 481 Å². The number of aliphatic hydroxyl groups is 2. The molecule has 0 aliphatic carbocycles. The minimum atomic E-state index is -0.666. The first-order chi connectivity index (χ1) is 38.0. The molecule has 3 N–H and O–H groups in total. The van der Waals surface area contributed by atoms with Crippen molar-refractivity contribution < 1.29 is 24.5 Å². The Bertz CT molecular complexity index is 1200. The molecule has 0 heterocycles. The van der Waals surface area contributed by atoms with E-state index < -0.39 is 12.1 Å². The van der Waals surface area contributed by atoms with Gasteiger partial charge in [0, 0.05) is 12.8 Å². The van der Waals surface area contributed by atoms with Gasteiger partial charge in [0.05, 0.1) is 25.4 Å². The van der Waals surface area contributed by atoms with E-state index in [9.17, 15) is 19.8 Å². The summed E-state index contributed by atoms with van der Waals surface area (Å²) in [5, 5.41) is 23.4. The highest BCUT2D eigenvalue weighted by molar-refractivity contribution is 5.76. The second-order valence-electron chi connectivity index (χ2n) is 24.2. The number of unbranched alkanes of at least 4 members (excludes halogenated alkanes) is 51. The second kappa shape index (κ2) is 66.8. The van der Waals surface area contributed by atoms with Gasteiger partial charge in [-0.15, -0.1) is 0 Å². The summed E-state index contributed by atoms with van der Waals surface area (Å²) in [6.07, 6.45) is 83.6. The Morgan fingerprint density at radius 2 is 0.610 bits per heavy atom. The maximum absolute atomic E-state index is 12.5. The van der Waals surface area contributed by atoms with Gasteiger partial charge in [-0.25, -0.2) is 0 Å². The number of ether oxygens (including phenoxy) is 1. The summed E-state index contributed by atoms with van der Waals surface area (Å²) in [6, 6.07) is -0.543. The van der Waals surface area contributed by atoms with E-state index in [0.717, 1.165) is 44.9 Å². The van der Waals surface area contributed by atoms with Crippen LogP contribution in [-0.2, 0) is 14.3 Å². The summed E-state index contributed by atoms with van der Waals surface area (Å²) >= 11 is 0. The normalized spacial score (nSPS) is 12.6. The van der Waals surface area contributed by atoms with Crippen LogP contribution in [0.25, 0.3) is 0 Å². The van der Waals surface area contributed by atoms with Crippen molar-refractivity contribution in [1.29, 1.82) is 0 Å². The van der Waals surface area contributed by atoms with Crippen molar-refractivity contribution in [1.82, 2.24) is 5.32 Å². The van der Waals surface area contributed by atoms with Gasteiger partial charge in [0.25, 0.3) is 0 Å². The van der Waals surface area contributed by atoms with Gasteiger partial charge < -0.3 is 20.3 Å². The number of nitrogens with one attached hydrogen (secondary N) is 1. The average molecular weight is 1080 g/mol. The van der Waals surface area contributed by atoms with Crippen molar-refractivity contribution in [3.05, 3.63) is 24.3 Å². The molecule has 0 rings (SSSR count). The van der Waals surface area contributed by atoms with Crippen molar-refractivity contribution in [2.45, 2.75) is 405 Å². The molecule has 0 aliphatic rings. The third-order valence-electron chi connectivity index (χ3n) is 16.5. The summed E-state index contributed by atoms with van der Waals surface area (Å²) in [6.45, 7) is 4.98. The second-order valence-corrected chi connectivity index (χ2v) is 24.2. The lowest BCUT2D eigenvalue weighted by atomic mass is 10.0. The summed E-state index contributed by atoms with van der Waals surface area (Å²) in [7, 11) is 0. The fraction of sp³-hybridized carbons (Fsp3) is 0.915. The van der Waals surface area contributed by atoms with Crippen LogP contribution in [0.5, 0.6) is 0 Å². The molecule has 0 aromatic carbocycles. The average Bonchev–Trinajstić information content (AvgIpc) is 3.43. The summed E-state index contributed by atoms with van der Waals surface area (Å²) < 4.78 is 5.49. The number of amides is 1. The van der Waals surface area contributed by atoms with Crippen LogP contribution in [0, 0.1) is 0 Å².